The van der Waals surface area contributed by atoms with Crippen LogP contribution in [0.15, 0.2) is 12.4 Å². The summed E-state index contributed by atoms with van der Waals surface area (Å²) in [4.78, 5) is 17.7. The van der Waals surface area contributed by atoms with Gasteiger partial charge in [0.1, 0.15) is 12.2 Å². The highest BCUT2D eigenvalue weighted by Crippen LogP contribution is 2.03. The third kappa shape index (κ3) is 2.51. The van der Waals surface area contributed by atoms with Gasteiger partial charge in [-0.05, 0) is 0 Å². The number of amides is 1. The highest BCUT2D eigenvalue weighted by molar-refractivity contribution is 6.30. The molecule has 1 amide bonds. The summed E-state index contributed by atoms with van der Waals surface area (Å²) in [5.74, 6) is -0.311. The second-order valence-electron chi connectivity index (χ2n) is 1.81. The summed E-state index contributed by atoms with van der Waals surface area (Å²) < 4.78 is 0. The van der Waals surface area contributed by atoms with Gasteiger partial charge in [-0.25, -0.2) is 9.97 Å². The molecule has 0 spiro atoms. The Kier molecular flexibility index (Phi) is 2.38. The Labute approximate surface area is 68.4 Å². The van der Waals surface area contributed by atoms with E-state index >= 15 is 0 Å². The van der Waals surface area contributed by atoms with Crippen molar-refractivity contribution in [1.29, 1.82) is 0 Å². The van der Waals surface area contributed by atoms with Crippen LogP contribution in [0.5, 0.6) is 0 Å². The summed E-state index contributed by atoms with van der Waals surface area (Å²) >= 11 is 5.49. The molecule has 1 aromatic heterocycles. The largest absolute Gasteiger partial charge is 0.369 e. The molecule has 11 heavy (non-hydrogen) atoms. The fourth-order valence-electron chi connectivity index (χ4n) is 0.524. The lowest BCUT2D eigenvalue weighted by Crippen LogP contribution is -2.13. The summed E-state index contributed by atoms with van der Waals surface area (Å²) in [7, 11) is 0. The standard InChI is InChI=1S/C6H5ClN3O/c7-4-2-9-6(10-3-4)1-5(8)11/h1-3H,(H2,8,11). The number of carbonyl (C=O) groups is 1. The fraction of sp³-hybridized carbons (Fsp3) is 0. The number of hydrogen-bond donors (Lipinski definition) is 1. The number of nitrogens with two attached hydrogens (primary N) is 1. The van der Waals surface area contributed by atoms with Crippen LogP contribution in [0.1, 0.15) is 5.82 Å². The Morgan fingerprint density at radius 2 is 2.09 bits per heavy atom. The van der Waals surface area contributed by atoms with Crippen LogP contribution in [-0.4, -0.2) is 15.9 Å². The first-order valence-electron chi connectivity index (χ1n) is 2.80. The van der Waals surface area contributed by atoms with E-state index in [0.29, 0.717) is 5.02 Å². The molecule has 2 N–H and O–H groups in total. The quantitative estimate of drug-likeness (QED) is 0.688. The first-order valence-corrected chi connectivity index (χ1v) is 3.18. The van der Waals surface area contributed by atoms with Crippen LogP contribution >= 0.6 is 11.6 Å². The van der Waals surface area contributed by atoms with Crippen molar-refractivity contribution in [2.45, 2.75) is 0 Å². The molecule has 0 atom stereocenters. The Balaban J connectivity index is 2.74. The molecule has 0 bridgehead atoms. The first-order chi connectivity index (χ1) is 5.18. The van der Waals surface area contributed by atoms with Crippen molar-refractivity contribution >= 4 is 17.5 Å². The van der Waals surface area contributed by atoms with Gasteiger partial charge in [0, 0.05) is 12.4 Å². The van der Waals surface area contributed by atoms with Gasteiger partial charge in [-0.3, -0.25) is 4.79 Å². The van der Waals surface area contributed by atoms with Crippen molar-refractivity contribution in [3.8, 4) is 0 Å². The normalized spacial score (nSPS) is 9.55. The number of halogens is 1. The smallest absolute Gasteiger partial charge is 0.229 e. The van der Waals surface area contributed by atoms with Crippen molar-refractivity contribution in [2.75, 3.05) is 0 Å². The molecule has 57 valence electrons. The molecule has 0 fully saturated rings. The molecule has 1 radical (unpaired) electrons. The van der Waals surface area contributed by atoms with Crippen LogP contribution in [0.2, 0.25) is 5.02 Å². The van der Waals surface area contributed by atoms with Crippen LogP contribution in [0.25, 0.3) is 0 Å². The number of rotatable bonds is 2. The lowest BCUT2D eigenvalue weighted by Gasteiger charge is -1.93. The van der Waals surface area contributed by atoms with Crippen molar-refractivity contribution in [3.05, 3.63) is 29.7 Å². The fourth-order valence-corrected chi connectivity index (χ4v) is 0.622. The summed E-state index contributed by atoms with van der Waals surface area (Å²) in [5, 5.41) is 0.423. The Morgan fingerprint density at radius 1 is 1.55 bits per heavy atom. The molecule has 0 aliphatic heterocycles. The van der Waals surface area contributed by atoms with Gasteiger partial charge < -0.3 is 5.73 Å². The van der Waals surface area contributed by atoms with E-state index in [0.717, 1.165) is 6.42 Å². The van der Waals surface area contributed by atoms with Crippen molar-refractivity contribution in [1.82, 2.24) is 9.97 Å². The zero-order chi connectivity index (χ0) is 8.27. The lowest BCUT2D eigenvalue weighted by molar-refractivity contribution is -0.114. The van der Waals surface area contributed by atoms with Crippen molar-refractivity contribution in [2.24, 2.45) is 5.73 Å². The monoisotopic (exact) mass is 170 g/mol. The van der Waals surface area contributed by atoms with Gasteiger partial charge in [0.2, 0.25) is 5.91 Å². The highest BCUT2D eigenvalue weighted by atomic mass is 35.5. The number of hydrogen-bond acceptors (Lipinski definition) is 3. The molecular formula is C6H5ClN3O. The zero-order valence-electron chi connectivity index (χ0n) is 5.49. The van der Waals surface area contributed by atoms with Gasteiger partial charge in [0.15, 0.2) is 0 Å². The highest BCUT2D eigenvalue weighted by Gasteiger charge is 2.00. The molecule has 0 aliphatic carbocycles. The van der Waals surface area contributed by atoms with E-state index in [1.54, 1.807) is 0 Å². The minimum Gasteiger partial charge on any atom is -0.369 e. The van der Waals surface area contributed by atoms with Gasteiger partial charge in [0.05, 0.1) is 5.02 Å². The van der Waals surface area contributed by atoms with Crippen molar-refractivity contribution < 1.29 is 4.79 Å². The molecule has 0 aromatic carbocycles. The maximum Gasteiger partial charge on any atom is 0.229 e. The molecular weight excluding hydrogens is 166 g/mol. The maximum atomic E-state index is 10.3. The van der Waals surface area contributed by atoms with E-state index in [9.17, 15) is 4.79 Å². The van der Waals surface area contributed by atoms with Crippen molar-refractivity contribution in [3.63, 3.8) is 0 Å². The average molecular weight is 171 g/mol. The molecule has 1 aromatic rings. The Morgan fingerprint density at radius 3 is 2.55 bits per heavy atom. The average Bonchev–Trinajstić information content (AvgIpc) is 1.93. The summed E-state index contributed by atoms with van der Waals surface area (Å²) in [6.45, 7) is 0. The molecule has 0 saturated carbocycles. The molecule has 1 heterocycles. The van der Waals surface area contributed by atoms with Gasteiger partial charge in [-0.2, -0.15) is 0 Å². The third-order valence-corrected chi connectivity index (χ3v) is 1.11. The van der Waals surface area contributed by atoms with Gasteiger partial charge in [-0.15, -0.1) is 0 Å². The van der Waals surface area contributed by atoms with Crippen LogP contribution < -0.4 is 5.73 Å². The predicted octanol–water partition coefficient (Wildman–Crippen LogP) is 0.168. The maximum absolute atomic E-state index is 10.3. The van der Waals surface area contributed by atoms with Gasteiger partial charge >= 0.3 is 0 Å². The van der Waals surface area contributed by atoms with E-state index in [2.05, 4.69) is 9.97 Å². The van der Waals surface area contributed by atoms with Crippen LogP contribution in [-0.2, 0) is 4.79 Å². The minimum absolute atomic E-state index is 0.266. The summed E-state index contributed by atoms with van der Waals surface area (Å²) in [6, 6.07) is 0. The second kappa shape index (κ2) is 3.30. The predicted molar refractivity (Wildman–Crippen MR) is 39.6 cm³/mol. The minimum atomic E-state index is -0.577. The van der Waals surface area contributed by atoms with E-state index in [1.807, 2.05) is 0 Å². The summed E-state index contributed by atoms with van der Waals surface area (Å²) in [5.41, 5.74) is 4.86. The van der Waals surface area contributed by atoms with Crippen LogP contribution in [0.3, 0.4) is 0 Å². The molecule has 0 unspecified atom stereocenters. The molecule has 1 rings (SSSR count). The number of carbonyl (C=O) groups excluding carboxylic acids is 1. The molecule has 4 nitrogen and oxygen atoms in total. The SMILES string of the molecule is NC(=O)[CH]c1ncc(Cl)cn1. The zero-order valence-corrected chi connectivity index (χ0v) is 6.25. The van der Waals surface area contributed by atoms with Crippen LogP contribution in [0.4, 0.5) is 0 Å². The topological polar surface area (TPSA) is 68.9 Å². The summed E-state index contributed by atoms with van der Waals surface area (Å²) in [6.07, 6.45) is 3.91. The van der Waals surface area contributed by atoms with Gasteiger partial charge in [0.25, 0.3) is 0 Å². The Bertz CT molecular complexity index is 259. The van der Waals surface area contributed by atoms with E-state index in [4.69, 9.17) is 17.3 Å². The number of primary amides is 1. The second-order valence-corrected chi connectivity index (χ2v) is 2.24. The van der Waals surface area contributed by atoms with E-state index in [-0.39, 0.29) is 5.82 Å². The molecule has 0 saturated heterocycles. The van der Waals surface area contributed by atoms with Crippen LogP contribution in [0, 0.1) is 6.42 Å². The van der Waals surface area contributed by atoms with E-state index in [1.165, 1.54) is 12.4 Å². The number of nitrogens with zero attached hydrogens (tertiary/aromatic N) is 2. The van der Waals surface area contributed by atoms with Gasteiger partial charge in [-0.1, -0.05) is 11.6 Å². The third-order valence-electron chi connectivity index (χ3n) is 0.912. The number of aromatic nitrogens is 2. The molecule has 0 aliphatic rings. The molecule has 5 heteroatoms. The lowest BCUT2D eigenvalue weighted by atomic mass is 10.4. The Hall–Kier alpha value is -1.16. The first kappa shape index (κ1) is 7.94. The van der Waals surface area contributed by atoms with E-state index < -0.39 is 5.91 Å².